The Kier molecular flexibility index (Phi) is 1.76. The minimum Gasteiger partial charge on any atom is -0.271 e. The van der Waals surface area contributed by atoms with Crippen LogP contribution in [0.15, 0.2) is 12.3 Å². The van der Waals surface area contributed by atoms with Crippen molar-refractivity contribution >= 4 is 11.6 Å². The van der Waals surface area contributed by atoms with Crippen molar-refractivity contribution in [1.82, 2.24) is 9.78 Å². The lowest BCUT2D eigenvalue weighted by Crippen LogP contribution is -1.97. The van der Waals surface area contributed by atoms with Gasteiger partial charge in [0.1, 0.15) is 0 Å². The average molecular weight is 145 g/mol. The van der Waals surface area contributed by atoms with Gasteiger partial charge in [0.25, 0.3) is 0 Å². The van der Waals surface area contributed by atoms with Crippen molar-refractivity contribution in [3.05, 3.63) is 18.0 Å². The average Bonchev–Trinajstić information content (AvgIpc) is 2.13. The van der Waals surface area contributed by atoms with Crippen LogP contribution in [0.4, 0.5) is 0 Å². The third kappa shape index (κ3) is 1.24. The summed E-state index contributed by atoms with van der Waals surface area (Å²) in [6, 6.07) is 1.91. The van der Waals surface area contributed by atoms with Crippen LogP contribution in [-0.4, -0.2) is 9.78 Å². The van der Waals surface area contributed by atoms with Gasteiger partial charge < -0.3 is 0 Å². The summed E-state index contributed by atoms with van der Waals surface area (Å²) < 4.78 is 1.78. The highest BCUT2D eigenvalue weighted by molar-refractivity contribution is 6.20. The SMILES string of the molecule is CC(Cl)c1ccnn1C. The highest BCUT2D eigenvalue weighted by Gasteiger charge is 2.03. The summed E-state index contributed by atoms with van der Waals surface area (Å²) in [5.74, 6) is 0. The molecule has 0 N–H and O–H groups in total. The molecule has 0 aliphatic heterocycles. The van der Waals surface area contributed by atoms with Crippen molar-refractivity contribution in [2.75, 3.05) is 0 Å². The fourth-order valence-corrected chi connectivity index (χ4v) is 0.988. The topological polar surface area (TPSA) is 17.8 Å². The molecular weight excluding hydrogens is 136 g/mol. The van der Waals surface area contributed by atoms with E-state index < -0.39 is 0 Å². The Morgan fingerprint density at radius 3 is 2.67 bits per heavy atom. The summed E-state index contributed by atoms with van der Waals surface area (Å²) in [5.41, 5.74) is 1.05. The molecule has 0 amide bonds. The Morgan fingerprint density at radius 1 is 1.78 bits per heavy atom. The van der Waals surface area contributed by atoms with Crippen LogP contribution in [0.5, 0.6) is 0 Å². The molecule has 1 heterocycles. The van der Waals surface area contributed by atoms with Crippen LogP contribution in [-0.2, 0) is 7.05 Å². The number of rotatable bonds is 1. The summed E-state index contributed by atoms with van der Waals surface area (Å²) >= 11 is 5.79. The highest BCUT2D eigenvalue weighted by atomic mass is 35.5. The molecule has 50 valence electrons. The highest BCUT2D eigenvalue weighted by Crippen LogP contribution is 2.16. The van der Waals surface area contributed by atoms with Gasteiger partial charge in [0, 0.05) is 13.2 Å². The van der Waals surface area contributed by atoms with Gasteiger partial charge in [-0.1, -0.05) is 0 Å². The van der Waals surface area contributed by atoms with E-state index in [1.807, 2.05) is 20.0 Å². The predicted molar refractivity (Wildman–Crippen MR) is 37.5 cm³/mol. The molecule has 1 rings (SSSR count). The Balaban J connectivity index is 2.94. The Bertz CT molecular complexity index is 193. The van der Waals surface area contributed by atoms with Crippen LogP contribution in [0.3, 0.4) is 0 Å². The van der Waals surface area contributed by atoms with Gasteiger partial charge in [-0.05, 0) is 13.0 Å². The quantitative estimate of drug-likeness (QED) is 0.549. The van der Waals surface area contributed by atoms with E-state index in [0.717, 1.165) is 5.69 Å². The molecule has 1 atom stereocenters. The van der Waals surface area contributed by atoms with Gasteiger partial charge in [0.2, 0.25) is 0 Å². The van der Waals surface area contributed by atoms with Crippen LogP contribution >= 0.6 is 11.6 Å². The van der Waals surface area contributed by atoms with E-state index in [2.05, 4.69) is 5.10 Å². The van der Waals surface area contributed by atoms with Gasteiger partial charge in [0.15, 0.2) is 0 Å². The molecule has 0 fully saturated rings. The Morgan fingerprint density at radius 2 is 2.44 bits per heavy atom. The van der Waals surface area contributed by atoms with Gasteiger partial charge >= 0.3 is 0 Å². The minimum absolute atomic E-state index is 0.0532. The molecular formula is C6H9ClN2. The summed E-state index contributed by atoms with van der Waals surface area (Å²) in [6.45, 7) is 1.93. The summed E-state index contributed by atoms with van der Waals surface area (Å²) in [5, 5.41) is 4.02. The van der Waals surface area contributed by atoms with E-state index in [-0.39, 0.29) is 5.38 Å². The third-order valence-corrected chi connectivity index (χ3v) is 1.49. The summed E-state index contributed by atoms with van der Waals surface area (Å²) in [4.78, 5) is 0. The molecule has 3 heteroatoms. The molecule has 0 aromatic carbocycles. The van der Waals surface area contributed by atoms with E-state index in [0.29, 0.717) is 0 Å². The van der Waals surface area contributed by atoms with E-state index in [4.69, 9.17) is 11.6 Å². The van der Waals surface area contributed by atoms with Crippen LogP contribution in [0, 0.1) is 0 Å². The zero-order valence-electron chi connectivity index (χ0n) is 5.50. The standard InChI is InChI=1S/C6H9ClN2/c1-5(7)6-3-4-8-9(6)2/h3-5H,1-2H3. The molecule has 0 bridgehead atoms. The van der Waals surface area contributed by atoms with E-state index in [1.54, 1.807) is 10.9 Å². The zero-order chi connectivity index (χ0) is 6.85. The zero-order valence-corrected chi connectivity index (χ0v) is 6.26. The maximum atomic E-state index is 5.79. The minimum atomic E-state index is 0.0532. The van der Waals surface area contributed by atoms with Crippen LogP contribution in [0.2, 0.25) is 0 Å². The monoisotopic (exact) mass is 144 g/mol. The first-order valence-corrected chi connectivity index (χ1v) is 3.27. The number of nitrogens with zero attached hydrogens (tertiary/aromatic N) is 2. The van der Waals surface area contributed by atoms with Crippen LogP contribution < -0.4 is 0 Å². The molecule has 0 radical (unpaired) electrons. The lowest BCUT2D eigenvalue weighted by Gasteiger charge is -2.00. The number of halogens is 1. The van der Waals surface area contributed by atoms with Gasteiger partial charge in [0.05, 0.1) is 11.1 Å². The second-order valence-electron chi connectivity index (χ2n) is 2.00. The van der Waals surface area contributed by atoms with Gasteiger partial charge in [-0.15, -0.1) is 11.6 Å². The Hall–Kier alpha value is -0.500. The summed E-state index contributed by atoms with van der Waals surface area (Å²) in [6.07, 6.45) is 1.74. The van der Waals surface area contributed by atoms with Crippen molar-refractivity contribution < 1.29 is 0 Å². The molecule has 0 saturated heterocycles. The first-order valence-electron chi connectivity index (χ1n) is 2.84. The Labute approximate surface area is 59.4 Å². The van der Waals surface area contributed by atoms with Crippen molar-refractivity contribution in [2.24, 2.45) is 7.05 Å². The molecule has 1 aromatic heterocycles. The fraction of sp³-hybridized carbons (Fsp3) is 0.500. The first kappa shape index (κ1) is 6.62. The first-order chi connectivity index (χ1) is 4.22. The number of hydrogen-bond acceptors (Lipinski definition) is 1. The molecule has 9 heavy (non-hydrogen) atoms. The normalized spacial score (nSPS) is 13.7. The molecule has 0 aliphatic rings. The smallest absolute Gasteiger partial charge is 0.0726 e. The fourth-order valence-electron chi connectivity index (χ4n) is 0.774. The molecule has 0 aliphatic carbocycles. The van der Waals surface area contributed by atoms with Crippen molar-refractivity contribution in [3.63, 3.8) is 0 Å². The second kappa shape index (κ2) is 2.40. The number of aryl methyl sites for hydroxylation is 1. The van der Waals surface area contributed by atoms with E-state index in [9.17, 15) is 0 Å². The second-order valence-corrected chi connectivity index (χ2v) is 2.65. The molecule has 2 nitrogen and oxygen atoms in total. The van der Waals surface area contributed by atoms with E-state index in [1.165, 1.54) is 0 Å². The molecule has 0 saturated carbocycles. The lowest BCUT2D eigenvalue weighted by molar-refractivity contribution is 0.711. The maximum Gasteiger partial charge on any atom is 0.0726 e. The summed E-state index contributed by atoms with van der Waals surface area (Å²) in [7, 11) is 1.88. The third-order valence-electron chi connectivity index (χ3n) is 1.27. The van der Waals surface area contributed by atoms with Gasteiger partial charge in [-0.25, -0.2) is 0 Å². The van der Waals surface area contributed by atoms with E-state index >= 15 is 0 Å². The molecule has 0 spiro atoms. The number of hydrogen-bond donors (Lipinski definition) is 0. The molecule has 1 unspecified atom stereocenters. The number of aromatic nitrogens is 2. The predicted octanol–water partition coefficient (Wildman–Crippen LogP) is 1.72. The van der Waals surface area contributed by atoms with Crippen LogP contribution in [0.25, 0.3) is 0 Å². The van der Waals surface area contributed by atoms with Crippen molar-refractivity contribution in [2.45, 2.75) is 12.3 Å². The largest absolute Gasteiger partial charge is 0.271 e. The maximum absolute atomic E-state index is 5.79. The molecule has 1 aromatic rings. The van der Waals surface area contributed by atoms with Crippen LogP contribution in [0.1, 0.15) is 18.0 Å². The van der Waals surface area contributed by atoms with Gasteiger partial charge in [-0.2, -0.15) is 5.10 Å². The lowest BCUT2D eigenvalue weighted by atomic mass is 10.3. The van der Waals surface area contributed by atoms with Crippen molar-refractivity contribution in [1.29, 1.82) is 0 Å². The number of alkyl halides is 1. The van der Waals surface area contributed by atoms with Crippen molar-refractivity contribution in [3.8, 4) is 0 Å². The van der Waals surface area contributed by atoms with Gasteiger partial charge in [-0.3, -0.25) is 4.68 Å².